The van der Waals surface area contributed by atoms with E-state index in [1.807, 2.05) is 6.07 Å². The van der Waals surface area contributed by atoms with Crippen LogP contribution in [0.15, 0.2) is 48.7 Å². The van der Waals surface area contributed by atoms with Gasteiger partial charge in [-0.25, -0.2) is 9.48 Å². The van der Waals surface area contributed by atoms with Crippen LogP contribution in [0.2, 0.25) is 10.0 Å². The molecule has 0 bridgehead atoms. The summed E-state index contributed by atoms with van der Waals surface area (Å²) in [5.74, 6) is -0.709. The van der Waals surface area contributed by atoms with Gasteiger partial charge in [0.1, 0.15) is 11.9 Å². The smallest absolute Gasteiger partial charge is 0.416 e. The summed E-state index contributed by atoms with van der Waals surface area (Å²) >= 11 is 11.5. The number of nitro groups is 1. The average molecular weight is 577 g/mol. The van der Waals surface area contributed by atoms with Gasteiger partial charge in [-0.15, -0.1) is 0 Å². The molecule has 1 aromatic heterocycles. The van der Waals surface area contributed by atoms with Crippen molar-refractivity contribution in [2.24, 2.45) is 0 Å². The molecule has 0 radical (unpaired) electrons. The largest absolute Gasteiger partial charge is 0.436 e. The van der Waals surface area contributed by atoms with Crippen molar-refractivity contribution in [2.45, 2.75) is 26.1 Å². The van der Waals surface area contributed by atoms with Gasteiger partial charge < -0.3 is 15.8 Å². The SMILES string of the molecule is CCNC(=O)C(C)OC(=O)Nc1ccccc1.Nc1c([N+](=O)[O-])cnn1-c1c(Cl)cc(C(F)(F)F)cc1Cl. The molecule has 16 heteroatoms. The highest BCUT2D eigenvalue weighted by Gasteiger charge is 2.33. The highest BCUT2D eigenvalue weighted by molar-refractivity contribution is 6.38. The highest BCUT2D eigenvalue weighted by atomic mass is 35.5. The number of carbonyl (C=O) groups excluding carboxylic acids is 2. The minimum Gasteiger partial charge on any atom is -0.436 e. The normalized spacial score (nSPS) is 11.6. The minimum atomic E-state index is -4.63. The fourth-order valence-corrected chi connectivity index (χ4v) is 3.45. The second-order valence-electron chi connectivity index (χ2n) is 7.30. The predicted molar refractivity (Wildman–Crippen MR) is 134 cm³/mol. The molecule has 1 atom stereocenters. The average Bonchev–Trinajstić information content (AvgIpc) is 3.20. The van der Waals surface area contributed by atoms with Crippen LogP contribution in [0.4, 0.5) is 35.2 Å². The monoisotopic (exact) mass is 576 g/mol. The van der Waals surface area contributed by atoms with Crippen LogP contribution in [0.3, 0.4) is 0 Å². The van der Waals surface area contributed by atoms with E-state index >= 15 is 0 Å². The molecule has 11 nitrogen and oxygen atoms in total. The van der Waals surface area contributed by atoms with Crippen LogP contribution in [0, 0.1) is 10.1 Å². The van der Waals surface area contributed by atoms with Crippen LogP contribution in [-0.2, 0) is 15.7 Å². The second-order valence-corrected chi connectivity index (χ2v) is 8.12. The van der Waals surface area contributed by atoms with E-state index in [0.717, 1.165) is 10.9 Å². The van der Waals surface area contributed by atoms with E-state index < -0.39 is 40.4 Å². The van der Waals surface area contributed by atoms with E-state index in [2.05, 4.69) is 15.7 Å². The van der Waals surface area contributed by atoms with Gasteiger partial charge >= 0.3 is 18.0 Å². The molecule has 0 aliphatic rings. The lowest BCUT2D eigenvalue weighted by molar-refractivity contribution is -0.383. The van der Waals surface area contributed by atoms with Crippen LogP contribution in [-0.4, -0.2) is 39.4 Å². The third-order valence-corrected chi connectivity index (χ3v) is 5.14. The van der Waals surface area contributed by atoms with E-state index in [-0.39, 0.29) is 21.6 Å². The number of nitrogens with one attached hydrogen (secondary N) is 2. The number of amides is 2. The van der Waals surface area contributed by atoms with Crippen molar-refractivity contribution < 1.29 is 32.4 Å². The van der Waals surface area contributed by atoms with Crippen LogP contribution in [0.25, 0.3) is 5.69 Å². The summed E-state index contributed by atoms with van der Waals surface area (Å²) in [5.41, 5.74) is 4.41. The Morgan fingerprint density at radius 3 is 2.26 bits per heavy atom. The number of nitrogen functional groups attached to an aromatic ring is 1. The molecule has 1 heterocycles. The number of likely N-dealkylation sites (N-methyl/N-ethyl adjacent to an activating group) is 1. The summed E-state index contributed by atoms with van der Waals surface area (Å²) in [6.07, 6.45) is -5.23. The molecule has 1 unspecified atom stereocenters. The van der Waals surface area contributed by atoms with Crippen LogP contribution < -0.4 is 16.4 Å². The molecule has 0 fully saturated rings. The van der Waals surface area contributed by atoms with Gasteiger partial charge in [-0.2, -0.15) is 18.3 Å². The van der Waals surface area contributed by atoms with Gasteiger partial charge in [0.15, 0.2) is 6.10 Å². The Morgan fingerprint density at radius 1 is 1.21 bits per heavy atom. The van der Waals surface area contributed by atoms with Crippen molar-refractivity contribution in [2.75, 3.05) is 17.6 Å². The number of hydrogen-bond donors (Lipinski definition) is 3. The van der Waals surface area contributed by atoms with Crippen molar-refractivity contribution in [3.8, 4) is 5.69 Å². The number of ether oxygens (including phenoxy) is 1. The Labute approximate surface area is 223 Å². The van der Waals surface area contributed by atoms with Crippen molar-refractivity contribution >= 4 is 52.4 Å². The summed E-state index contributed by atoms with van der Waals surface area (Å²) in [4.78, 5) is 32.6. The number of aromatic nitrogens is 2. The quantitative estimate of drug-likeness (QED) is 0.260. The zero-order chi connectivity index (χ0) is 28.6. The molecule has 204 valence electrons. The van der Waals surface area contributed by atoms with E-state index in [1.165, 1.54) is 6.92 Å². The lowest BCUT2D eigenvalue weighted by Crippen LogP contribution is -2.36. The summed E-state index contributed by atoms with van der Waals surface area (Å²) in [6, 6.07) is 10.2. The van der Waals surface area contributed by atoms with Gasteiger partial charge in [-0.3, -0.25) is 20.2 Å². The van der Waals surface area contributed by atoms with E-state index in [4.69, 9.17) is 33.7 Å². The number of hydrogen-bond acceptors (Lipinski definition) is 7. The van der Waals surface area contributed by atoms with Crippen molar-refractivity contribution in [1.82, 2.24) is 15.1 Å². The molecular formula is C22H21Cl2F3N6O5. The Hall–Kier alpha value is -4.04. The number of carbonyl (C=O) groups is 2. The molecule has 4 N–H and O–H groups in total. The van der Waals surface area contributed by atoms with Gasteiger partial charge in [-0.1, -0.05) is 41.4 Å². The molecule has 0 saturated heterocycles. The first-order valence-corrected chi connectivity index (χ1v) is 11.4. The number of rotatable bonds is 6. The molecule has 38 heavy (non-hydrogen) atoms. The number of benzene rings is 2. The fourth-order valence-electron chi connectivity index (χ4n) is 2.80. The van der Waals surface area contributed by atoms with Crippen LogP contribution >= 0.6 is 23.2 Å². The third kappa shape index (κ3) is 7.98. The zero-order valence-corrected chi connectivity index (χ0v) is 21.3. The first-order valence-electron chi connectivity index (χ1n) is 10.6. The maximum atomic E-state index is 12.6. The molecule has 2 aromatic carbocycles. The fraction of sp³-hybridized carbons (Fsp3) is 0.227. The lowest BCUT2D eigenvalue weighted by Gasteiger charge is -2.13. The van der Waals surface area contributed by atoms with Gasteiger partial charge in [0, 0.05) is 12.2 Å². The zero-order valence-electron chi connectivity index (χ0n) is 19.8. The molecule has 2 amide bonds. The maximum Gasteiger partial charge on any atom is 0.416 e. The lowest BCUT2D eigenvalue weighted by atomic mass is 10.2. The Kier molecular flexibility index (Phi) is 10.3. The summed E-state index contributed by atoms with van der Waals surface area (Å²) < 4.78 is 43.6. The number of para-hydroxylation sites is 1. The number of nitrogens with two attached hydrogens (primary N) is 1. The number of alkyl halides is 3. The molecular weight excluding hydrogens is 556 g/mol. The molecule has 3 rings (SSSR count). The van der Waals surface area contributed by atoms with Crippen molar-refractivity contribution in [1.29, 1.82) is 0 Å². The minimum absolute atomic E-state index is 0.170. The molecule has 0 saturated carbocycles. The van der Waals surface area contributed by atoms with Gasteiger partial charge in [0.2, 0.25) is 5.82 Å². The topological polar surface area (TPSA) is 154 Å². The summed E-state index contributed by atoms with van der Waals surface area (Å²) in [6.45, 7) is 3.83. The predicted octanol–water partition coefficient (Wildman–Crippen LogP) is 5.45. The van der Waals surface area contributed by atoms with Crippen molar-refractivity contribution in [3.05, 3.63) is 74.4 Å². The standard InChI is InChI=1S/C12H16N2O3.C10H5Cl2F3N4O2/c1-3-13-11(15)9(2)17-12(16)14-10-7-5-4-6-8-10;11-5-1-4(10(13,14)15)2-6(12)8(5)18-9(16)7(3-17-18)19(20)21/h4-9H,3H2,1-2H3,(H,13,15)(H,14,16);1-3H,16H2. The number of nitrogens with zero attached hydrogens (tertiary/aromatic N) is 3. The summed E-state index contributed by atoms with van der Waals surface area (Å²) in [7, 11) is 0. The Morgan fingerprint density at radius 2 is 1.79 bits per heavy atom. The van der Waals surface area contributed by atoms with E-state index in [0.29, 0.717) is 24.4 Å². The van der Waals surface area contributed by atoms with Crippen molar-refractivity contribution in [3.63, 3.8) is 0 Å². The first-order chi connectivity index (χ1) is 17.8. The van der Waals surface area contributed by atoms with E-state index in [1.54, 1.807) is 31.2 Å². The molecule has 0 aliphatic heterocycles. The van der Waals surface area contributed by atoms with E-state index in [9.17, 15) is 32.9 Å². The third-order valence-electron chi connectivity index (χ3n) is 4.56. The molecule has 0 aliphatic carbocycles. The second kappa shape index (κ2) is 13.0. The maximum absolute atomic E-state index is 12.6. The Balaban J connectivity index is 0.000000273. The molecule has 0 spiro atoms. The van der Waals surface area contributed by atoms with Gasteiger partial charge in [0.25, 0.3) is 5.91 Å². The first kappa shape index (κ1) is 30.2. The number of anilines is 2. The van der Waals surface area contributed by atoms with Crippen LogP contribution in [0.5, 0.6) is 0 Å². The Bertz CT molecular complexity index is 1280. The van der Waals surface area contributed by atoms with Gasteiger partial charge in [0.05, 0.1) is 20.5 Å². The van der Waals surface area contributed by atoms with Gasteiger partial charge in [-0.05, 0) is 38.1 Å². The van der Waals surface area contributed by atoms with Crippen LogP contribution in [0.1, 0.15) is 19.4 Å². The summed E-state index contributed by atoms with van der Waals surface area (Å²) in [5, 5.41) is 18.6. The molecule has 3 aromatic rings. The number of halogens is 5. The highest BCUT2D eigenvalue weighted by Crippen LogP contribution is 2.38.